The molecule has 19 heavy (non-hydrogen) atoms. The normalized spacial score (nSPS) is 20.1. The molecule has 102 valence electrons. The van der Waals surface area contributed by atoms with Crippen LogP contribution in [0.25, 0.3) is 0 Å². The van der Waals surface area contributed by atoms with E-state index in [1.54, 1.807) is 4.90 Å². The van der Waals surface area contributed by atoms with Crippen molar-refractivity contribution >= 4 is 6.09 Å². The number of benzene rings is 1. The first-order valence-corrected chi connectivity index (χ1v) is 6.50. The molecule has 1 amide bonds. The van der Waals surface area contributed by atoms with Crippen LogP contribution in [0.1, 0.15) is 18.4 Å². The van der Waals surface area contributed by atoms with Crippen LogP contribution in [0.2, 0.25) is 0 Å². The maximum atomic E-state index is 12.0. The molecular formula is C15H19NO3. The fourth-order valence-corrected chi connectivity index (χ4v) is 2.33. The van der Waals surface area contributed by atoms with E-state index >= 15 is 0 Å². The van der Waals surface area contributed by atoms with Gasteiger partial charge in [-0.3, -0.25) is 0 Å². The molecule has 1 aliphatic heterocycles. The van der Waals surface area contributed by atoms with Crippen LogP contribution >= 0.6 is 0 Å². The molecule has 1 aliphatic rings. The molecule has 4 heteroatoms. The van der Waals surface area contributed by atoms with Gasteiger partial charge in [0.2, 0.25) is 0 Å². The Hall–Kier alpha value is -1.81. The number of nitrogens with zero attached hydrogens (tertiary/aromatic N) is 1. The second-order valence-electron chi connectivity index (χ2n) is 4.67. The van der Waals surface area contributed by atoms with E-state index in [0.29, 0.717) is 6.54 Å². The van der Waals surface area contributed by atoms with Gasteiger partial charge in [0.15, 0.2) is 0 Å². The lowest BCUT2D eigenvalue weighted by Crippen LogP contribution is -2.42. The highest BCUT2D eigenvalue weighted by atomic mass is 16.6. The Morgan fingerprint density at radius 3 is 2.95 bits per heavy atom. The summed E-state index contributed by atoms with van der Waals surface area (Å²) in [6.07, 6.45) is 2.08. The molecule has 0 radical (unpaired) electrons. The van der Waals surface area contributed by atoms with E-state index in [-0.39, 0.29) is 18.7 Å². The predicted octanol–water partition coefficient (Wildman–Crippen LogP) is 2.33. The average Bonchev–Trinajstić information content (AvgIpc) is 2.94. The van der Waals surface area contributed by atoms with Gasteiger partial charge in [-0.2, -0.15) is 0 Å². The van der Waals surface area contributed by atoms with Crippen LogP contribution in [0, 0.1) is 0 Å². The molecule has 0 spiro atoms. The fraction of sp³-hybridized carbons (Fsp3) is 0.400. The van der Waals surface area contributed by atoms with Gasteiger partial charge < -0.3 is 14.7 Å². The van der Waals surface area contributed by atoms with Crippen LogP contribution in [0.3, 0.4) is 0 Å². The molecule has 0 saturated carbocycles. The van der Waals surface area contributed by atoms with E-state index in [0.717, 1.165) is 18.4 Å². The first-order chi connectivity index (χ1) is 9.22. The highest BCUT2D eigenvalue weighted by Crippen LogP contribution is 2.22. The van der Waals surface area contributed by atoms with Crippen LogP contribution < -0.4 is 0 Å². The zero-order chi connectivity index (χ0) is 13.7. The van der Waals surface area contributed by atoms with Gasteiger partial charge in [-0.15, -0.1) is 6.58 Å². The molecule has 1 heterocycles. The first-order valence-electron chi connectivity index (χ1n) is 6.50. The number of rotatable bonds is 4. The minimum atomic E-state index is -0.688. The second kappa shape index (κ2) is 6.38. The highest BCUT2D eigenvalue weighted by Gasteiger charge is 2.33. The van der Waals surface area contributed by atoms with Crippen LogP contribution in [-0.4, -0.2) is 34.8 Å². The SMILES string of the molecule is C=C[C@@H](O)C1CCCN1C(=O)OCc1ccccc1. The van der Waals surface area contributed by atoms with Crippen molar-refractivity contribution < 1.29 is 14.6 Å². The molecule has 1 saturated heterocycles. The molecular weight excluding hydrogens is 242 g/mol. The Labute approximate surface area is 113 Å². The minimum absolute atomic E-state index is 0.208. The number of amides is 1. The fourth-order valence-electron chi connectivity index (χ4n) is 2.33. The lowest BCUT2D eigenvalue weighted by atomic mass is 10.1. The summed E-state index contributed by atoms with van der Waals surface area (Å²) in [6, 6.07) is 9.34. The smallest absolute Gasteiger partial charge is 0.410 e. The van der Waals surface area contributed by atoms with Crippen molar-refractivity contribution in [2.24, 2.45) is 0 Å². The monoisotopic (exact) mass is 261 g/mol. The summed E-state index contributed by atoms with van der Waals surface area (Å²) < 4.78 is 5.28. The van der Waals surface area contributed by atoms with Crippen molar-refractivity contribution in [3.8, 4) is 0 Å². The van der Waals surface area contributed by atoms with Gasteiger partial charge in [-0.25, -0.2) is 4.79 Å². The van der Waals surface area contributed by atoms with Gasteiger partial charge >= 0.3 is 6.09 Å². The molecule has 1 aromatic rings. The first kappa shape index (κ1) is 13.6. The molecule has 0 aromatic heterocycles. The molecule has 2 atom stereocenters. The number of ether oxygens (including phenoxy) is 1. The van der Waals surface area contributed by atoms with E-state index in [4.69, 9.17) is 4.74 Å². The summed E-state index contributed by atoms with van der Waals surface area (Å²) in [5, 5.41) is 9.79. The predicted molar refractivity (Wildman–Crippen MR) is 72.6 cm³/mol. The molecule has 0 bridgehead atoms. The lowest BCUT2D eigenvalue weighted by Gasteiger charge is -2.26. The third kappa shape index (κ3) is 3.35. The number of aliphatic hydroxyl groups is 1. The third-order valence-corrected chi connectivity index (χ3v) is 3.37. The van der Waals surface area contributed by atoms with Gasteiger partial charge in [0, 0.05) is 6.54 Å². The Kier molecular flexibility index (Phi) is 4.58. The quantitative estimate of drug-likeness (QED) is 0.846. The molecule has 4 nitrogen and oxygen atoms in total. The number of carbonyl (C=O) groups excluding carboxylic acids is 1. The van der Waals surface area contributed by atoms with Gasteiger partial charge in [0.05, 0.1) is 12.1 Å². The van der Waals surface area contributed by atoms with Crippen LogP contribution in [0.4, 0.5) is 4.79 Å². The van der Waals surface area contributed by atoms with Gasteiger partial charge in [-0.05, 0) is 18.4 Å². The van der Waals surface area contributed by atoms with E-state index < -0.39 is 6.10 Å². The van der Waals surface area contributed by atoms with Gasteiger partial charge in [0.25, 0.3) is 0 Å². The van der Waals surface area contributed by atoms with E-state index in [9.17, 15) is 9.90 Å². The summed E-state index contributed by atoms with van der Waals surface area (Å²) in [4.78, 5) is 13.6. The van der Waals surface area contributed by atoms with Crippen molar-refractivity contribution in [3.63, 3.8) is 0 Å². The number of likely N-dealkylation sites (tertiary alicyclic amines) is 1. The molecule has 1 fully saturated rings. The maximum Gasteiger partial charge on any atom is 0.410 e. The second-order valence-corrected chi connectivity index (χ2v) is 4.67. The summed E-state index contributed by atoms with van der Waals surface area (Å²) >= 11 is 0. The van der Waals surface area contributed by atoms with Crippen molar-refractivity contribution in [1.82, 2.24) is 4.90 Å². The van der Waals surface area contributed by atoms with E-state index in [1.807, 2.05) is 30.3 Å². The molecule has 1 unspecified atom stereocenters. The number of hydrogen-bond acceptors (Lipinski definition) is 3. The average molecular weight is 261 g/mol. The maximum absolute atomic E-state index is 12.0. The Morgan fingerprint density at radius 2 is 2.26 bits per heavy atom. The van der Waals surface area contributed by atoms with Crippen LogP contribution in [0.5, 0.6) is 0 Å². The Bertz CT molecular complexity index is 432. The Morgan fingerprint density at radius 1 is 1.53 bits per heavy atom. The van der Waals surface area contributed by atoms with Crippen molar-refractivity contribution in [2.75, 3.05) is 6.54 Å². The number of aliphatic hydroxyl groups excluding tert-OH is 1. The van der Waals surface area contributed by atoms with Crippen molar-refractivity contribution in [3.05, 3.63) is 48.6 Å². The number of carbonyl (C=O) groups is 1. The molecule has 1 N–H and O–H groups in total. The van der Waals surface area contributed by atoms with Crippen LogP contribution in [0.15, 0.2) is 43.0 Å². The lowest BCUT2D eigenvalue weighted by molar-refractivity contribution is 0.0639. The zero-order valence-corrected chi connectivity index (χ0v) is 10.9. The molecule has 2 rings (SSSR count). The van der Waals surface area contributed by atoms with Crippen molar-refractivity contribution in [2.45, 2.75) is 31.6 Å². The topological polar surface area (TPSA) is 49.8 Å². The summed E-state index contributed by atoms with van der Waals surface area (Å²) in [5.41, 5.74) is 0.955. The van der Waals surface area contributed by atoms with Gasteiger partial charge in [0.1, 0.15) is 6.61 Å². The summed E-state index contributed by atoms with van der Waals surface area (Å²) in [7, 11) is 0. The largest absolute Gasteiger partial charge is 0.445 e. The standard InChI is InChI=1S/C15H19NO3/c1-2-14(17)13-9-6-10-16(13)15(18)19-11-12-7-4-3-5-8-12/h2-5,7-8,13-14,17H,1,6,9-11H2/t13?,14-/m1/s1. The summed E-state index contributed by atoms with van der Waals surface area (Å²) in [6.45, 7) is 4.45. The highest BCUT2D eigenvalue weighted by molar-refractivity contribution is 5.68. The third-order valence-electron chi connectivity index (χ3n) is 3.37. The van der Waals surface area contributed by atoms with E-state index in [1.165, 1.54) is 6.08 Å². The minimum Gasteiger partial charge on any atom is -0.445 e. The van der Waals surface area contributed by atoms with Crippen molar-refractivity contribution in [1.29, 1.82) is 0 Å². The zero-order valence-electron chi connectivity index (χ0n) is 10.9. The molecule has 0 aliphatic carbocycles. The van der Waals surface area contributed by atoms with Gasteiger partial charge in [-0.1, -0.05) is 36.4 Å². The number of hydrogen-bond donors (Lipinski definition) is 1. The van der Waals surface area contributed by atoms with E-state index in [2.05, 4.69) is 6.58 Å². The Balaban J connectivity index is 1.90. The molecule has 1 aromatic carbocycles. The van der Waals surface area contributed by atoms with Crippen LogP contribution in [-0.2, 0) is 11.3 Å². The summed E-state index contributed by atoms with van der Waals surface area (Å²) in [5.74, 6) is 0.